The standard InChI is InChI=1S/C11H11N3O4S/c1-7(15)12-11-14-13-10(18-11)8-4-3-5-9(6-8)19(2,16)17/h3-6H,1-2H3,(H,12,14,15). The molecule has 1 aromatic heterocycles. The Morgan fingerprint density at radius 1 is 1.32 bits per heavy atom. The number of nitrogens with zero attached hydrogens (tertiary/aromatic N) is 2. The van der Waals surface area contributed by atoms with Gasteiger partial charge in [-0.3, -0.25) is 10.1 Å². The molecule has 2 aromatic rings. The summed E-state index contributed by atoms with van der Waals surface area (Å²) in [5.74, 6) is -0.200. The third-order valence-corrected chi connectivity index (χ3v) is 3.33. The van der Waals surface area contributed by atoms with E-state index in [0.29, 0.717) is 5.56 Å². The molecule has 7 nitrogen and oxygen atoms in total. The van der Waals surface area contributed by atoms with Gasteiger partial charge in [-0.1, -0.05) is 11.2 Å². The maximum atomic E-state index is 11.4. The molecule has 0 radical (unpaired) electrons. The van der Waals surface area contributed by atoms with Gasteiger partial charge in [-0.05, 0) is 18.2 Å². The van der Waals surface area contributed by atoms with Crippen molar-refractivity contribution in [2.24, 2.45) is 0 Å². The number of amides is 1. The van der Waals surface area contributed by atoms with Gasteiger partial charge in [-0.15, -0.1) is 5.10 Å². The molecule has 0 aliphatic heterocycles. The smallest absolute Gasteiger partial charge is 0.322 e. The molecule has 0 fully saturated rings. The average molecular weight is 281 g/mol. The zero-order valence-electron chi connectivity index (χ0n) is 10.2. The van der Waals surface area contributed by atoms with Crippen molar-refractivity contribution in [3.8, 4) is 11.5 Å². The SMILES string of the molecule is CC(=O)Nc1nnc(-c2cccc(S(C)(=O)=O)c2)o1. The lowest BCUT2D eigenvalue weighted by molar-refractivity contribution is -0.114. The number of rotatable bonds is 3. The summed E-state index contributed by atoms with van der Waals surface area (Å²) in [4.78, 5) is 11.0. The summed E-state index contributed by atoms with van der Waals surface area (Å²) in [6, 6.07) is 6.09. The summed E-state index contributed by atoms with van der Waals surface area (Å²) in [5.41, 5.74) is 0.465. The van der Waals surface area contributed by atoms with Gasteiger partial charge in [0.15, 0.2) is 9.84 Å². The molecule has 8 heteroatoms. The normalized spacial score (nSPS) is 11.3. The molecule has 1 amide bonds. The Hall–Kier alpha value is -2.22. The van der Waals surface area contributed by atoms with Crippen molar-refractivity contribution in [2.75, 3.05) is 11.6 Å². The fourth-order valence-electron chi connectivity index (χ4n) is 1.40. The molecule has 100 valence electrons. The van der Waals surface area contributed by atoms with E-state index in [0.717, 1.165) is 6.26 Å². The second-order valence-corrected chi connectivity index (χ2v) is 5.91. The predicted octanol–water partition coefficient (Wildman–Crippen LogP) is 1.10. The first-order chi connectivity index (χ1) is 8.86. The minimum absolute atomic E-state index is 0.0349. The Balaban J connectivity index is 2.37. The number of carbonyl (C=O) groups is 1. The molecule has 1 heterocycles. The lowest BCUT2D eigenvalue weighted by atomic mass is 10.2. The third kappa shape index (κ3) is 3.16. The number of benzene rings is 1. The number of aromatic nitrogens is 2. The van der Waals surface area contributed by atoms with Crippen LogP contribution in [-0.2, 0) is 14.6 Å². The van der Waals surface area contributed by atoms with Gasteiger partial charge in [0.05, 0.1) is 4.90 Å². The molecule has 2 rings (SSSR count). The van der Waals surface area contributed by atoms with E-state index in [1.807, 2.05) is 0 Å². The summed E-state index contributed by atoms with van der Waals surface area (Å²) < 4.78 is 28.1. The molecule has 0 aliphatic carbocycles. The molecule has 0 bridgehead atoms. The zero-order valence-corrected chi connectivity index (χ0v) is 11.1. The van der Waals surface area contributed by atoms with E-state index in [-0.39, 0.29) is 22.7 Å². The number of sulfone groups is 1. The lowest BCUT2D eigenvalue weighted by Crippen LogP contribution is -2.05. The molecule has 0 aliphatic rings. The highest BCUT2D eigenvalue weighted by Crippen LogP contribution is 2.22. The van der Waals surface area contributed by atoms with E-state index in [4.69, 9.17) is 4.42 Å². The van der Waals surface area contributed by atoms with Gasteiger partial charge in [0.2, 0.25) is 11.8 Å². The zero-order chi connectivity index (χ0) is 14.0. The summed E-state index contributed by atoms with van der Waals surface area (Å²) in [6.07, 6.45) is 1.11. The van der Waals surface area contributed by atoms with Gasteiger partial charge >= 0.3 is 6.01 Å². The number of nitrogens with one attached hydrogen (secondary N) is 1. The van der Waals surface area contributed by atoms with Crippen LogP contribution in [0.25, 0.3) is 11.5 Å². The molecule has 19 heavy (non-hydrogen) atoms. The molecule has 0 saturated carbocycles. The van der Waals surface area contributed by atoms with E-state index >= 15 is 0 Å². The van der Waals surface area contributed by atoms with Crippen molar-refractivity contribution in [3.05, 3.63) is 24.3 Å². The Morgan fingerprint density at radius 3 is 2.68 bits per heavy atom. The van der Waals surface area contributed by atoms with Crippen LogP contribution in [0, 0.1) is 0 Å². The van der Waals surface area contributed by atoms with Crippen LogP contribution in [0.3, 0.4) is 0 Å². The molecule has 0 spiro atoms. The van der Waals surface area contributed by atoms with Crippen molar-refractivity contribution >= 4 is 21.8 Å². The van der Waals surface area contributed by atoms with Crippen molar-refractivity contribution in [3.63, 3.8) is 0 Å². The van der Waals surface area contributed by atoms with E-state index in [1.165, 1.54) is 19.1 Å². The Morgan fingerprint density at radius 2 is 2.05 bits per heavy atom. The Bertz CT molecular complexity index is 721. The van der Waals surface area contributed by atoms with Gasteiger partial charge < -0.3 is 4.42 Å². The van der Waals surface area contributed by atoms with Crippen LogP contribution in [0.15, 0.2) is 33.6 Å². The summed E-state index contributed by atoms with van der Waals surface area (Å²) in [5, 5.41) is 9.71. The monoisotopic (exact) mass is 281 g/mol. The van der Waals surface area contributed by atoms with Crippen molar-refractivity contribution in [1.82, 2.24) is 10.2 Å². The number of anilines is 1. The third-order valence-electron chi connectivity index (χ3n) is 2.22. The highest BCUT2D eigenvalue weighted by Gasteiger charge is 2.13. The van der Waals surface area contributed by atoms with Crippen LogP contribution in [0.2, 0.25) is 0 Å². The first-order valence-electron chi connectivity index (χ1n) is 5.28. The predicted molar refractivity (Wildman–Crippen MR) is 67.1 cm³/mol. The summed E-state index contributed by atoms with van der Waals surface area (Å²) >= 11 is 0. The minimum atomic E-state index is -3.31. The largest absolute Gasteiger partial charge is 0.403 e. The van der Waals surface area contributed by atoms with Crippen LogP contribution in [0.1, 0.15) is 6.92 Å². The van der Waals surface area contributed by atoms with Gasteiger partial charge in [-0.25, -0.2) is 8.42 Å². The van der Waals surface area contributed by atoms with Crippen LogP contribution < -0.4 is 5.32 Å². The number of hydrogen-bond donors (Lipinski definition) is 1. The molecular weight excluding hydrogens is 270 g/mol. The average Bonchev–Trinajstić information content (AvgIpc) is 2.76. The molecular formula is C11H11N3O4S. The maximum Gasteiger partial charge on any atom is 0.322 e. The first kappa shape index (κ1) is 13.2. The fraction of sp³-hybridized carbons (Fsp3) is 0.182. The van der Waals surface area contributed by atoms with E-state index < -0.39 is 9.84 Å². The van der Waals surface area contributed by atoms with Gasteiger partial charge in [0.1, 0.15) is 0 Å². The van der Waals surface area contributed by atoms with Crippen molar-refractivity contribution < 1.29 is 17.6 Å². The second-order valence-electron chi connectivity index (χ2n) is 3.89. The van der Waals surface area contributed by atoms with Crippen molar-refractivity contribution in [2.45, 2.75) is 11.8 Å². The first-order valence-corrected chi connectivity index (χ1v) is 7.17. The van der Waals surface area contributed by atoms with E-state index in [2.05, 4.69) is 15.5 Å². The lowest BCUT2D eigenvalue weighted by Gasteiger charge is -1.99. The molecule has 0 atom stereocenters. The summed E-state index contributed by atoms with van der Waals surface area (Å²) in [7, 11) is -3.31. The molecule has 0 saturated heterocycles. The molecule has 1 N–H and O–H groups in total. The Kier molecular flexibility index (Phi) is 3.34. The van der Waals surface area contributed by atoms with E-state index in [1.54, 1.807) is 12.1 Å². The second kappa shape index (κ2) is 4.81. The summed E-state index contributed by atoms with van der Waals surface area (Å²) in [6.45, 7) is 1.31. The number of carbonyl (C=O) groups excluding carboxylic acids is 1. The number of hydrogen-bond acceptors (Lipinski definition) is 6. The van der Waals surface area contributed by atoms with Gasteiger partial charge in [0.25, 0.3) is 0 Å². The van der Waals surface area contributed by atoms with Crippen LogP contribution >= 0.6 is 0 Å². The quantitative estimate of drug-likeness (QED) is 0.903. The highest BCUT2D eigenvalue weighted by molar-refractivity contribution is 7.90. The topological polar surface area (TPSA) is 102 Å². The maximum absolute atomic E-state index is 11.4. The Labute approximate surface area is 109 Å². The van der Waals surface area contributed by atoms with Gasteiger partial charge in [-0.2, -0.15) is 0 Å². The van der Waals surface area contributed by atoms with E-state index in [9.17, 15) is 13.2 Å². The highest BCUT2D eigenvalue weighted by atomic mass is 32.2. The molecule has 1 aromatic carbocycles. The van der Waals surface area contributed by atoms with Crippen LogP contribution in [0.4, 0.5) is 6.01 Å². The van der Waals surface area contributed by atoms with Crippen LogP contribution in [0.5, 0.6) is 0 Å². The minimum Gasteiger partial charge on any atom is -0.403 e. The van der Waals surface area contributed by atoms with Gasteiger partial charge in [0, 0.05) is 18.7 Å². The van der Waals surface area contributed by atoms with Crippen molar-refractivity contribution in [1.29, 1.82) is 0 Å². The molecule has 0 unspecified atom stereocenters. The van der Waals surface area contributed by atoms with Crippen LogP contribution in [-0.4, -0.2) is 30.8 Å². The fourth-order valence-corrected chi connectivity index (χ4v) is 2.07.